The maximum absolute atomic E-state index is 12.5. The number of hydrogen-bond acceptors (Lipinski definition) is 6. The number of likely N-dealkylation sites (N-methyl/N-ethyl adjacent to an activating group) is 1. The summed E-state index contributed by atoms with van der Waals surface area (Å²) in [4.78, 5) is 26.8. The van der Waals surface area contributed by atoms with Gasteiger partial charge in [-0.2, -0.15) is 0 Å². The number of anilines is 2. The molecule has 2 heterocycles. The molecule has 192 valence electrons. The molecule has 3 aromatic carbocycles. The molecule has 0 aliphatic carbocycles. The molecule has 0 unspecified atom stereocenters. The van der Waals surface area contributed by atoms with Crippen LogP contribution in [0.5, 0.6) is 5.75 Å². The minimum Gasteiger partial charge on any atom is -0.489 e. The van der Waals surface area contributed by atoms with Crippen LogP contribution in [0, 0.1) is 0 Å². The molecule has 38 heavy (non-hydrogen) atoms. The third kappa shape index (κ3) is 6.35. The molecule has 5 rings (SSSR count). The molecule has 0 atom stereocenters. The van der Waals surface area contributed by atoms with Crippen LogP contribution in [0.3, 0.4) is 0 Å². The van der Waals surface area contributed by atoms with Crippen molar-refractivity contribution in [1.29, 1.82) is 0 Å². The van der Waals surface area contributed by atoms with E-state index in [1.165, 1.54) is 0 Å². The molecule has 0 spiro atoms. The van der Waals surface area contributed by atoms with Crippen LogP contribution < -0.4 is 15.4 Å². The Balaban J connectivity index is 1.27. The zero-order chi connectivity index (χ0) is 26.3. The minimum absolute atomic E-state index is 0.122. The van der Waals surface area contributed by atoms with E-state index in [9.17, 15) is 4.79 Å². The first-order valence-electron chi connectivity index (χ1n) is 12.5. The van der Waals surface area contributed by atoms with Gasteiger partial charge in [-0.05, 0) is 62.1 Å². The molecule has 2 aromatic heterocycles. The van der Waals surface area contributed by atoms with E-state index in [-0.39, 0.29) is 5.91 Å². The summed E-state index contributed by atoms with van der Waals surface area (Å²) in [5.74, 6) is 1.14. The summed E-state index contributed by atoms with van der Waals surface area (Å²) in [6.07, 6.45) is 1.73. The molecule has 1 amide bonds. The number of ether oxygens (including phenoxy) is 1. The number of hydrogen-bond donors (Lipinski definition) is 3. The van der Waals surface area contributed by atoms with Crippen molar-refractivity contribution < 1.29 is 9.53 Å². The number of nitrogens with one attached hydrogen (secondary N) is 3. The summed E-state index contributed by atoms with van der Waals surface area (Å²) in [5.41, 5.74) is 5.08. The molecule has 8 nitrogen and oxygen atoms in total. The lowest BCUT2D eigenvalue weighted by molar-refractivity contribution is 0.0947. The Morgan fingerprint density at radius 2 is 1.84 bits per heavy atom. The quantitative estimate of drug-likeness (QED) is 0.240. The number of amides is 1. The standard InChI is InChI=1S/C30H30N6O2/c1-36(2)16-15-31-29(37)28-19-23-17-24(11-12-26(23)34-28)33-30-32-14-13-27(35-30)22-9-6-10-25(18-22)38-20-21-7-4-3-5-8-21/h3-14,17-19,34H,15-16,20H2,1-2H3,(H,31,37)(H,32,33,35). The van der Waals surface area contributed by atoms with Crippen LogP contribution in [-0.4, -0.2) is 52.9 Å². The molecule has 0 aliphatic rings. The van der Waals surface area contributed by atoms with Gasteiger partial charge in [-0.15, -0.1) is 0 Å². The molecule has 3 N–H and O–H groups in total. The zero-order valence-electron chi connectivity index (χ0n) is 21.4. The van der Waals surface area contributed by atoms with Gasteiger partial charge < -0.3 is 25.3 Å². The fraction of sp³-hybridized carbons (Fsp3) is 0.167. The Bertz CT molecular complexity index is 1530. The van der Waals surface area contributed by atoms with Gasteiger partial charge in [-0.3, -0.25) is 4.79 Å². The highest BCUT2D eigenvalue weighted by Crippen LogP contribution is 2.26. The maximum atomic E-state index is 12.5. The van der Waals surface area contributed by atoms with Gasteiger partial charge >= 0.3 is 0 Å². The van der Waals surface area contributed by atoms with Crippen LogP contribution in [0.25, 0.3) is 22.2 Å². The van der Waals surface area contributed by atoms with Gasteiger partial charge in [0.25, 0.3) is 5.91 Å². The Kier molecular flexibility index (Phi) is 7.61. The molecule has 0 saturated carbocycles. The summed E-state index contributed by atoms with van der Waals surface area (Å²) in [6, 6.07) is 27.5. The molecular weight excluding hydrogens is 476 g/mol. The number of benzene rings is 3. The van der Waals surface area contributed by atoms with Crippen molar-refractivity contribution in [3.63, 3.8) is 0 Å². The van der Waals surface area contributed by atoms with Crippen molar-refractivity contribution >= 4 is 28.4 Å². The van der Waals surface area contributed by atoms with Gasteiger partial charge in [0.15, 0.2) is 0 Å². The molecular formula is C30H30N6O2. The molecule has 0 bridgehead atoms. The number of fused-ring (bicyclic) bond motifs is 1. The van der Waals surface area contributed by atoms with Crippen molar-refractivity contribution in [2.24, 2.45) is 0 Å². The lowest BCUT2D eigenvalue weighted by atomic mass is 10.1. The highest BCUT2D eigenvalue weighted by molar-refractivity contribution is 5.98. The summed E-state index contributed by atoms with van der Waals surface area (Å²) < 4.78 is 5.98. The van der Waals surface area contributed by atoms with E-state index in [1.54, 1.807) is 6.20 Å². The largest absolute Gasteiger partial charge is 0.489 e. The average molecular weight is 507 g/mol. The van der Waals surface area contributed by atoms with Gasteiger partial charge in [-0.25, -0.2) is 9.97 Å². The van der Waals surface area contributed by atoms with Crippen LogP contribution >= 0.6 is 0 Å². The number of carbonyl (C=O) groups excluding carboxylic acids is 1. The van der Waals surface area contributed by atoms with Crippen LogP contribution in [-0.2, 0) is 6.61 Å². The third-order valence-electron chi connectivity index (χ3n) is 6.00. The third-order valence-corrected chi connectivity index (χ3v) is 6.00. The fourth-order valence-electron chi connectivity index (χ4n) is 4.02. The van der Waals surface area contributed by atoms with Crippen molar-refractivity contribution in [2.75, 3.05) is 32.5 Å². The Morgan fingerprint density at radius 3 is 2.68 bits per heavy atom. The fourth-order valence-corrected chi connectivity index (χ4v) is 4.02. The Labute approximate surface area is 221 Å². The Morgan fingerprint density at radius 1 is 0.974 bits per heavy atom. The SMILES string of the molecule is CN(C)CCNC(=O)c1cc2cc(Nc3nccc(-c4cccc(OCc5ccccc5)c4)n3)ccc2[nH]1. The van der Waals surface area contributed by atoms with Crippen molar-refractivity contribution in [3.05, 3.63) is 102 Å². The minimum atomic E-state index is -0.122. The van der Waals surface area contributed by atoms with Gasteiger partial charge in [0.1, 0.15) is 18.1 Å². The van der Waals surface area contributed by atoms with E-state index < -0.39 is 0 Å². The van der Waals surface area contributed by atoms with Crippen molar-refractivity contribution in [3.8, 4) is 17.0 Å². The molecule has 5 aromatic rings. The summed E-state index contributed by atoms with van der Waals surface area (Å²) in [5, 5.41) is 7.13. The molecule has 0 aliphatic heterocycles. The summed E-state index contributed by atoms with van der Waals surface area (Å²) in [6.45, 7) is 1.87. The number of aromatic nitrogens is 3. The molecule has 0 saturated heterocycles. The zero-order valence-corrected chi connectivity index (χ0v) is 21.4. The topological polar surface area (TPSA) is 95.2 Å². The van der Waals surface area contributed by atoms with Crippen molar-refractivity contribution in [1.82, 2.24) is 25.2 Å². The number of aromatic amines is 1. The first-order chi connectivity index (χ1) is 18.5. The first-order valence-corrected chi connectivity index (χ1v) is 12.5. The molecule has 0 radical (unpaired) electrons. The van der Waals surface area contributed by atoms with E-state index >= 15 is 0 Å². The number of nitrogens with zero attached hydrogens (tertiary/aromatic N) is 3. The lowest BCUT2D eigenvalue weighted by Gasteiger charge is -2.09. The van der Waals surface area contributed by atoms with E-state index in [0.29, 0.717) is 24.8 Å². The van der Waals surface area contributed by atoms with Crippen LogP contribution in [0.2, 0.25) is 0 Å². The monoisotopic (exact) mass is 506 g/mol. The maximum Gasteiger partial charge on any atom is 0.267 e. The van der Waals surface area contributed by atoms with E-state index in [2.05, 4.69) is 20.6 Å². The second-order valence-corrected chi connectivity index (χ2v) is 9.24. The van der Waals surface area contributed by atoms with Crippen LogP contribution in [0.1, 0.15) is 16.1 Å². The van der Waals surface area contributed by atoms with Gasteiger partial charge in [0, 0.05) is 41.4 Å². The molecule has 8 heteroatoms. The average Bonchev–Trinajstić information content (AvgIpc) is 3.36. The van der Waals surface area contributed by atoms with Gasteiger partial charge in [0.2, 0.25) is 5.95 Å². The van der Waals surface area contributed by atoms with E-state index in [1.807, 2.05) is 104 Å². The number of rotatable bonds is 10. The van der Waals surface area contributed by atoms with Crippen LogP contribution in [0.4, 0.5) is 11.6 Å². The highest BCUT2D eigenvalue weighted by Gasteiger charge is 2.11. The first kappa shape index (κ1) is 25.0. The second kappa shape index (κ2) is 11.6. The Hall–Kier alpha value is -4.69. The van der Waals surface area contributed by atoms with Crippen molar-refractivity contribution in [2.45, 2.75) is 6.61 Å². The normalized spacial score (nSPS) is 11.0. The lowest BCUT2D eigenvalue weighted by Crippen LogP contribution is -2.31. The van der Waals surface area contributed by atoms with Gasteiger partial charge in [-0.1, -0.05) is 42.5 Å². The number of H-pyrrole nitrogens is 1. The predicted octanol–water partition coefficient (Wildman–Crippen LogP) is 5.24. The van der Waals surface area contributed by atoms with E-state index in [4.69, 9.17) is 9.72 Å². The number of carbonyl (C=O) groups is 1. The van der Waals surface area contributed by atoms with Crippen LogP contribution in [0.15, 0.2) is 91.1 Å². The summed E-state index contributed by atoms with van der Waals surface area (Å²) in [7, 11) is 3.95. The summed E-state index contributed by atoms with van der Waals surface area (Å²) >= 11 is 0. The molecule has 0 fully saturated rings. The highest BCUT2D eigenvalue weighted by atomic mass is 16.5. The van der Waals surface area contributed by atoms with Gasteiger partial charge in [0.05, 0.1) is 5.69 Å². The van der Waals surface area contributed by atoms with E-state index in [0.717, 1.165) is 45.7 Å². The predicted molar refractivity (Wildman–Crippen MR) is 151 cm³/mol. The second-order valence-electron chi connectivity index (χ2n) is 9.24. The smallest absolute Gasteiger partial charge is 0.267 e.